The fourth-order valence-corrected chi connectivity index (χ4v) is 2.16. The summed E-state index contributed by atoms with van der Waals surface area (Å²) in [6, 6.07) is 0.508. The average Bonchev–Trinajstić information content (AvgIpc) is 2.33. The Morgan fingerprint density at radius 2 is 1.94 bits per heavy atom. The van der Waals surface area contributed by atoms with Crippen LogP contribution < -0.4 is 5.32 Å². The summed E-state index contributed by atoms with van der Waals surface area (Å²) in [5.74, 6) is -0.176. The summed E-state index contributed by atoms with van der Waals surface area (Å²) in [4.78, 5) is 14.3. The number of esters is 1. The molecule has 108 valence electrons. The van der Waals surface area contributed by atoms with E-state index in [0.717, 1.165) is 32.5 Å². The van der Waals surface area contributed by atoms with Gasteiger partial charge in [0.1, 0.15) is 5.54 Å². The van der Waals surface area contributed by atoms with Gasteiger partial charge in [-0.1, -0.05) is 13.8 Å². The topological polar surface area (TPSA) is 41.6 Å². The predicted octanol–water partition coefficient (Wildman–Crippen LogP) is 2.04. The van der Waals surface area contributed by atoms with Gasteiger partial charge in [-0.2, -0.15) is 0 Å². The van der Waals surface area contributed by atoms with Crippen molar-refractivity contribution in [2.75, 3.05) is 26.7 Å². The van der Waals surface area contributed by atoms with Crippen LogP contribution in [-0.2, 0) is 9.53 Å². The molecular formula is C14H30N2O2. The van der Waals surface area contributed by atoms with E-state index in [1.807, 2.05) is 13.8 Å². The first-order valence-electron chi connectivity index (χ1n) is 6.98. The number of nitrogens with one attached hydrogen (secondary N) is 1. The number of carbonyl (C=O) groups is 1. The van der Waals surface area contributed by atoms with Crippen molar-refractivity contribution in [2.24, 2.45) is 0 Å². The van der Waals surface area contributed by atoms with Crippen LogP contribution in [0.25, 0.3) is 0 Å². The number of methoxy groups -OCH3 is 1. The number of carbonyl (C=O) groups excluding carboxylic acids is 1. The van der Waals surface area contributed by atoms with Crippen LogP contribution in [0.5, 0.6) is 0 Å². The molecule has 0 spiro atoms. The van der Waals surface area contributed by atoms with E-state index in [0.29, 0.717) is 6.04 Å². The van der Waals surface area contributed by atoms with Crippen molar-refractivity contribution in [3.63, 3.8) is 0 Å². The molecule has 0 aliphatic heterocycles. The van der Waals surface area contributed by atoms with Gasteiger partial charge >= 0.3 is 5.97 Å². The molecule has 0 aromatic carbocycles. The molecule has 18 heavy (non-hydrogen) atoms. The van der Waals surface area contributed by atoms with Gasteiger partial charge in [-0.25, -0.2) is 0 Å². The van der Waals surface area contributed by atoms with Crippen molar-refractivity contribution in [3.8, 4) is 0 Å². The fraction of sp³-hybridized carbons (Fsp3) is 0.929. The maximum absolute atomic E-state index is 11.9. The minimum absolute atomic E-state index is 0.176. The molecule has 4 heteroatoms. The average molecular weight is 258 g/mol. The zero-order valence-electron chi connectivity index (χ0n) is 12.9. The van der Waals surface area contributed by atoms with E-state index in [9.17, 15) is 4.79 Å². The van der Waals surface area contributed by atoms with E-state index >= 15 is 0 Å². The van der Waals surface area contributed by atoms with Crippen LogP contribution in [0.1, 0.15) is 47.5 Å². The first kappa shape index (κ1) is 17.4. The Morgan fingerprint density at radius 1 is 1.33 bits per heavy atom. The van der Waals surface area contributed by atoms with Crippen molar-refractivity contribution in [1.82, 2.24) is 10.2 Å². The molecule has 0 radical (unpaired) electrons. The highest BCUT2D eigenvalue weighted by Crippen LogP contribution is 2.14. The Kier molecular flexibility index (Phi) is 8.20. The molecule has 0 aliphatic rings. The van der Waals surface area contributed by atoms with Gasteiger partial charge in [0.05, 0.1) is 7.11 Å². The summed E-state index contributed by atoms with van der Waals surface area (Å²) in [7, 11) is 1.45. The number of hydrogen-bond donors (Lipinski definition) is 1. The zero-order valence-corrected chi connectivity index (χ0v) is 12.9. The minimum atomic E-state index is -0.579. The van der Waals surface area contributed by atoms with Crippen molar-refractivity contribution >= 4 is 5.97 Å². The molecule has 1 N–H and O–H groups in total. The Morgan fingerprint density at radius 3 is 2.33 bits per heavy atom. The number of rotatable bonds is 9. The molecule has 0 fully saturated rings. The molecule has 0 aromatic rings. The highest BCUT2D eigenvalue weighted by Gasteiger charge is 2.33. The van der Waals surface area contributed by atoms with Gasteiger partial charge in [0.25, 0.3) is 0 Å². The standard InChI is InChI=1S/C14H30N2O2/c1-7-10-16(12(3)4)11-9-14(5,15-8-2)13(17)18-6/h12,15H,7-11H2,1-6H3. The van der Waals surface area contributed by atoms with E-state index in [1.165, 1.54) is 7.11 Å². The van der Waals surface area contributed by atoms with Gasteiger partial charge in [0.15, 0.2) is 0 Å². The summed E-state index contributed by atoms with van der Waals surface area (Å²) in [6.07, 6.45) is 1.90. The van der Waals surface area contributed by atoms with E-state index in [-0.39, 0.29) is 5.97 Å². The lowest BCUT2D eigenvalue weighted by Crippen LogP contribution is -2.52. The number of ether oxygens (including phenoxy) is 1. The van der Waals surface area contributed by atoms with Crippen molar-refractivity contribution in [2.45, 2.75) is 59.0 Å². The van der Waals surface area contributed by atoms with E-state index < -0.39 is 5.54 Å². The molecule has 0 heterocycles. The normalized spacial score (nSPS) is 14.9. The van der Waals surface area contributed by atoms with Crippen molar-refractivity contribution in [3.05, 3.63) is 0 Å². The zero-order chi connectivity index (χ0) is 14.2. The highest BCUT2D eigenvalue weighted by atomic mass is 16.5. The van der Waals surface area contributed by atoms with Gasteiger partial charge < -0.3 is 15.0 Å². The first-order valence-corrected chi connectivity index (χ1v) is 6.98. The van der Waals surface area contributed by atoms with Crippen LogP contribution in [0.2, 0.25) is 0 Å². The van der Waals surface area contributed by atoms with Gasteiger partial charge in [0, 0.05) is 12.6 Å². The lowest BCUT2D eigenvalue weighted by molar-refractivity contribution is -0.148. The molecular weight excluding hydrogens is 228 g/mol. The van der Waals surface area contributed by atoms with Crippen molar-refractivity contribution < 1.29 is 9.53 Å². The Balaban J connectivity index is 4.54. The highest BCUT2D eigenvalue weighted by molar-refractivity contribution is 5.80. The van der Waals surface area contributed by atoms with Crippen LogP contribution in [-0.4, -0.2) is 49.2 Å². The van der Waals surface area contributed by atoms with Gasteiger partial charge in [-0.3, -0.25) is 4.79 Å². The minimum Gasteiger partial charge on any atom is -0.468 e. The monoisotopic (exact) mass is 258 g/mol. The summed E-state index contributed by atoms with van der Waals surface area (Å²) in [5.41, 5.74) is -0.579. The smallest absolute Gasteiger partial charge is 0.325 e. The van der Waals surface area contributed by atoms with Crippen LogP contribution >= 0.6 is 0 Å². The van der Waals surface area contributed by atoms with Crippen LogP contribution in [0.4, 0.5) is 0 Å². The lowest BCUT2D eigenvalue weighted by Gasteiger charge is -2.32. The second-order valence-corrected chi connectivity index (χ2v) is 5.23. The SMILES string of the molecule is CCCN(CCC(C)(NCC)C(=O)OC)C(C)C. The summed E-state index contributed by atoms with van der Waals surface area (Å²) < 4.78 is 4.90. The third-order valence-corrected chi connectivity index (χ3v) is 3.34. The number of likely N-dealkylation sites (N-methyl/N-ethyl adjacent to an activating group) is 1. The van der Waals surface area contributed by atoms with E-state index in [1.54, 1.807) is 0 Å². The molecule has 0 amide bonds. The molecule has 0 aliphatic carbocycles. The molecule has 0 rings (SSSR count). The quantitative estimate of drug-likeness (QED) is 0.643. The fourth-order valence-electron chi connectivity index (χ4n) is 2.16. The Bertz CT molecular complexity index is 244. The summed E-state index contributed by atoms with van der Waals surface area (Å²) in [6.45, 7) is 13.2. The second-order valence-electron chi connectivity index (χ2n) is 5.23. The van der Waals surface area contributed by atoms with E-state index in [4.69, 9.17) is 4.74 Å². The molecule has 0 bridgehead atoms. The number of nitrogens with zero attached hydrogens (tertiary/aromatic N) is 1. The summed E-state index contributed by atoms with van der Waals surface area (Å²) in [5, 5.41) is 3.24. The molecule has 0 aromatic heterocycles. The van der Waals surface area contributed by atoms with Gasteiger partial charge in [0.2, 0.25) is 0 Å². The summed E-state index contributed by atoms with van der Waals surface area (Å²) >= 11 is 0. The Hall–Kier alpha value is -0.610. The molecule has 1 unspecified atom stereocenters. The van der Waals surface area contributed by atoms with Crippen LogP contribution in [0.15, 0.2) is 0 Å². The molecule has 1 atom stereocenters. The largest absolute Gasteiger partial charge is 0.468 e. The maximum Gasteiger partial charge on any atom is 0.325 e. The van der Waals surface area contributed by atoms with Gasteiger partial charge in [-0.05, 0) is 46.7 Å². The number of hydrogen-bond acceptors (Lipinski definition) is 4. The molecule has 0 saturated carbocycles. The lowest BCUT2D eigenvalue weighted by atomic mass is 9.97. The van der Waals surface area contributed by atoms with Crippen molar-refractivity contribution in [1.29, 1.82) is 0 Å². The Labute approximate surface area is 112 Å². The van der Waals surface area contributed by atoms with Crippen LogP contribution in [0, 0.1) is 0 Å². The predicted molar refractivity (Wildman–Crippen MR) is 75.7 cm³/mol. The van der Waals surface area contributed by atoms with Crippen LogP contribution in [0.3, 0.4) is 0 Å². The molecule has 0 saturated heterocycles. The third-order valence-electron chi connectivity index (χ3n) is 3.34. The van der Waals surface area contributed by atoms with E-state index in [2.05, 4.69) is 31.0 Å². The first-order chi connectivity index (χ1) is 8.41. The second kappa shape index (κ2) is 8.48. The van der Waals surface area contributed by atoms with Gasteiger partial charge in [-0.15, -0.1) is 0 Å². The maximum atomic E-state index is 11.9. The molecule has 4 nitrogen and oxygen atoms in total. The third kappa shape index (κ3) is 5.36.